The summed E-state index contributed by atoms with van der Waals surface area (Å²) in [6.45, 7) is 6.69. The average molecular weight is 451 g/mol. The third kappa shape index (κ3) is 5.68. The quantitative estimate of drug-likeness (QED) is 0.533. The number of benzene rings is 3. The number of carbonyl (C=O) groups is 1. The average Bonchev–Trinajstić information content (AvgIpc) is 2.80. The van der Waals surface area contributed by atoms with Crippen LogP contribution in [0.1, 0.15) is 22.8 Å². The number of rotatable bonds is 7. The van der Waals surface area contributed by atoms with Gasteiger partial charge in [-0.3, -0.25) is 9.80 Å². The van der Waals surface area contributed by atoms with Gasteiger partial charge < -0.3 is 9.84 Å². The molecule has 1 atom stereocenters. The zero-order valence-corrected chi connectivity index (χ0v) is 18.8. The molecule has 1 aliphatic heterocycles. The molecule has 1 unspecified atom stereocenters. The van der Waals surface area contributed by atoms with Crippen LogP contribution >= 0.6 is 11.6 Å². The molecule has 0 saturated carbocycles. The van der Waals surface area contributed by atoms with Gasteiger partial charge in [0.25, 0.3) is 0 Å². The van der Waals surface area contributed by atoms with E-state index in [0.29, 0.717) is 12.8 Å². The minimum Gasteiger partial charge on any atom is -0.478 e. The van der Waals surface area contributed by atoms with E-state index in [0.717, 1.165) is 48.1 Å². The topological polar surface area (TPSA) is 53.0 Å². The molecule has 0 amide bonds. The Balaban J connectivity index is 1.27. The Kier molecular flexibility index (Phi) is 7.10. The molecule has 1 fully saturated rings. The van der Waals surface area contributed by atoms with E-state index in [9.17, 15) is 4.79 Å². The summed E-state index contributed by atoms with van der Waals surface area (Å²) in [4.78, 5) is 15.8. The van der Waals surface area contributed by atoms with Crippen molar-refractivity contribution in [2.24, 2.45) is 0 Å². The molecule has 6 heteroatoms. The van der Waals surface area contributed by atoms with E-state index < -0.39 is 5.97 Å². The minimum absolute atomic E-state index is 0.288. The first-order chi connectivity index (χ1) is 15.5. The second kappa shape index (κ2) is 10.2. The first-order valence-corrected chi connectivity index (χ1v) is 11.1. The zero-order valence-electron chi connectivity index (χ0n) is 18.1. The number of hydrogen-bond acceptors (Lipinski definition) is 4. The highest BCUT2D eigenvalue weighted by Crippen LogP contribution is 2.23. The van der Waals surface area contributed by atoms with Gasteiger partial charge in [-0.05, 0) is 60.0 Å². The molecule has 1 N–H and O–H groups in total. The molecule has 4 rings (SSSR count). The van der Waals surface area contributed by atoms with Gasteiger partial charge in [-0.15, -0.1) is 0 Å². The van der Waals surface area contributed by atoms with Gasteiger partial charge in [-0.1, -0.05) is 48.0 Å². The van der Waals surface area contributed by atoms with Crippen molar-refractivity contribution in [1.29, 1.82) is 0 Å². The Morgan fingerprint density at radius 1 is 0.969 bits per heavy atom. The van der Waals surface area contributed by atoms with Crippen molar-refractivity contribution in [2.75, 3.05) is 26.4 Å². The Bertz CT molecular complexity index is 1040. The molecule has 1 saturated heterocycles. The standard InChI is InChI=1S/C26H27ClN2O3/c1-19-16-28(17-20-2-10-24(27)11-3-20)14-15-29(19)18-32-25-12-8-22(9-13-25)21-4-6-23(7-5-21)26(30)31/h2-13,19H,14-18H2,1H3,(H,30,31). The highest BCUT2D eigenvalue weighted by Gasteiger charge is 2.24. The lowest BCUT2D eigenvalue weighted by atomic mass is 10.0. The number of ether oxygens (including phenoxy) is 1. The summed E-state index contributed by atoms with van der Waals surface area (Å²) in [6.07, 6.45) is 0. The lowest BCUT2D eigenvalue weighted by molar-refractivity contribution is 0.0243. The van der Waals surface area contributed by atoms with Crippen molar-refractivity contribution < 1.29 is 14.6 Å². The van der Waals surface area contributed by atoms with Gasteiger partial charge in [0.15, 0.2) is 0 Å². The van der Waals surface area contributed by atoms with E-state index in [1.54, 1.807) is 12.1 Å². The van der Waals surface area contributed by atoms with Gasteiger partial charge in [0.2, 0.25) is 0 Å². The molecule has 3 aromatic carbocycles. The first-order valence-electron chi connectivity index (χ1n) is 10.8. The monoisotopic (exact) mass is 450 g/mol. The maximum Gasteiger partial charge on any atom is 0.335 e. The predicted molar refractivity (Wildman–Crippen MR) is 127 cm³/mol. The van der Waals surface area contributed by atoms with Crippen LogP contribution in [0.3, 0.4) is 0 Å². The minimum atomic E-state index is -0.916. The first kappa shape index (κ1) is 22.3. The van der Waals surface area contributed by atoms with Crippen molar-refractivity contribution in [3.8, 4) is 16.9 Å². The van der Waals surface area contributed by atoms with E-state index in [4.69, 9.17) is 21.4 Å². The summed E-state index contributed by atoms with van der Waals surface area (Å²) in [5, 5.41) is 9.80. The second-order valence-electron chi connectivity index (χ2n) is 8.20. The highest BCUT2D eigenvalue weighted by molar-refractivity contribution is 6.30. The molecule has 166 valence electrons. The maximum absolute atomic E-state index is 11.0. The molecule has 1 heterocycles. The number of piperazine rings is 1. The van der Waals surface area contributed by atoms with E-state index in [1.807, 2.05) is 48.5 Å². The molecule has 5 nitrogen and oxygen atoms in total. The summed E-state index contributed by atoms with van der Waals surface area (Å²) in [5.41, 5.74) is 3.57. The normalized spacial score (nSPS) is 17.2. The van der Waals surface area contributed by atoms with Gasteiger partial charge in [0, 0.05) is 37.2 Å². The van der Waals surface area contributed by atoms with E-state index >= 15 is 0 Å². The summed E-state index contributed by atoms with van der Waals surface area (Å²) in [6, 6.07) is 23.3. The van der Waals surface area contributed by atoms with Crippen molar-refractivity contribution in [3.63, 3.8) is 0 Å². The molecule has 0 radical (unpaired) electrons. The van der Waals surface area contributed by atoms with Gasteiger partial charge in [0.1, 0.15) is 12.5 Å². The smallest absolute Gasteiger partial charge is 0.335 e. The van der Waals surface area contributed by atoms with Crippen molar-refractivity contribution in [1.82, 2.24) is 9.80 Å². The molecular weight excluding hydrogens is 424 g/mol. The fraction of sp³-hybridized carbons (Fsp3) is 0.269. The van der Waals surface area contributed by atoms with Crippen molar-refractivity contribution in [2.45, 2.75) is 19.5 Å². The fourth-order valence-corrected chi connectivity index (χ4v) is 4.09. The van der Waals surface area contributed by atoms with Crippen LogP contribution in [-0.4, -0.2) is 53.3 Å². The number of carboxylic acids is 1. The lowest BCUT2D eigenvalue weighted by Crippen LogP contribution is -2.52. The number of halogens is 1. The third-order valence-electron chi connectivity index (χ3n) is 5.89. The highest BCUT2D eigenvalue weighted by atomic mass is 35.5. The summed E-state index contributed by atoms with van der Waals surface area (Å²) in [7, 11) is 0. The van der Waals surface area contributed by atoms with Gasteiger partial charge in [-0.25, -0.2) is 4.79 Å². The number of aromatic carboxylic acids is 1. The van der Waals surface area contributed by atoms with Gasteiger partial charge in [0.05, 0.1) is 5.56 Å². The third-order valence-corrected chi connectivity index (χ3v) is 6.14. The van der Waals surface area contributed by atoms with Crippen LogP contribution in [0.15, 0.2) is 72.8 Å². The van der Waals surface area contributed by atoms with E-state index in [2.05, 4.69) is 28.9 Å². The van der Waals surface area contributed by atoms with Crippen LogP contribution in [0.2, 0.25) is 5.02 Å². The second-order valence-corrected chi connectivity index (χ2v) is 8.64. The van der Waals surface area contributed by atoms with Gasteiger partial charge in [-0.2, -0.15) is 0 Å². The maximum atomic E-state index is 11.0. The Labute approximate surface area is 193 Å². The van der Waals surface area contributed by atoms with Crippen molar-refractivity contribution >= 4 is 17.6 Å². The molecule has 0 aromatic heterocycles. The molecular formula is C26H27ClN2O3. The molecule has 32 heavy (non-hydrogen) atoms. The molecule has 3 aromatic rings. The fourth-order valence-electron chi connectivity index (χ4n) is 3.96. The predicted octanol–water partition coefficient (Wildman–Crippen LogP) is 5.25. The zero-order chi connectivity index (χ0) is 22.5. The van der Waals surface area contributed by atoms with Crippen LogP contribution in [0.25, 0.3) is 11.1 Å². The van der Waals surface area contributed by atoms with E-state index in [1.165, 1.54) is 5.56 Å². The largest absolute Gasteiger partial charge is 0.478 e. The summed E-state index contributed by atoms with van der Waals surface area (Å²) < 4.78 is 6.04. The molecule has 0 bridgehead atoms. The Hall–Kier alpha value is -2.86. The van der Waals surface area contributed by atoms with Crippen LogP contribution in [0.4, 0.5) is 0 Å². The lowest BCUT2D eigenvalue weighted by Gasteiger charge is -2.39. The Morgan fingerprint density at radius 3 is 2.19 bits per heavy atom. The summed E-state index contributed by atoms with van der Waals surface area (Å²) >= 11 is 5.98. The molecule has 0 spiro atoms. The number of nitrogens with zero attached hydrogens (tertiary/aromatic N) is 2. The van der Waals surface area contributed by atoms with Crippen molar-refractivity contribution in [3.05, 3.63) is 88.9 Å². The number of hydrogen-bond donors (Lipinski definition) is 1. The summed E-state index contributed by atoms with van der Waals surface area (Å²) in [5.74, 6) is -0.0907. The molecule has 1 aliphatic rings. The SMILES string of the molecule is CC1CN(Cc2ccc(Cl)cc2)CCN1COc1ccc(-c2ccc(C(=O)O)cc2)cc1. The van der Waals surface area contributed by atoms with Crippen LogP contribution in [0, 0.1) is 0 Å². The molecule has 0 aliphatic carbocycles. The Morgan fingerprint density at radius 2 is 1.59 bits per heavy atom. The van der Waals surface area contributed by atoms with Crippen LogP contribution in [-0.2, 0) is 6.54 Å². The van der Waals surface area contributed by atoms with Crippen LogP contribution < -0.4 is 4.74 Å². The number of carboxylic acid groups (broad SMARTS) is 1. The van der Waals surface area contributed by atoms with Gasteiger partial charge >= 0.3 is 5.97 Å². The van der Waals surface area contributed by atoms with Crippen LogP contribution in [0.5, 0.6) is 5.75 Å². The van der Waals surface area contributed by atoms with E-state index in [-0.39, 0.29) is 5.56 Å².